The van der Waals surface area contributed by atoms with Gasteiger partial charge < -0.3 is 15.3 Å². The lowest BCUT2D eigenvalue weighted by atomic mass is 9.80. The summed E-state index contributed by atoms with van der Waals surface area (Å²) in [5.41, 5.74) is -0.649. The SMILES string of the molecule is CC1(C(=O)O)CCN(C(=O)CCC2CCCNC2)CC1. The van der Waals surface area contributed by atoms with E-state index in [2.05, 4.69) is 5.32 Å². The minimum atomic E-state index is -0.738. The molecular weight excluding hydrogens is 256 g/mol. The summed E-state index contributed by atoms with van der Waals surface area (Å²) < 4.78 is 0. The third-order valence-corrected chi connectivity index (χ3v) is 4.90. The normalized spacial score (nSPS) is 26.2. The van der Waals surface area contributed by atoms with E-state index in [-0.39, 0.29) is 5.91 Å². The predicted molar refractivity (Wildman–Crippen MR) is 76.4 cm³/mol. The first-order chi connectivity index (χ1) is 9.51. The molecule has 2 saturated heterocycles. The predicted octanol–water partition coefficient (Wildman–Crippen LogP) is 1.48. The number of carbonyl (C=O) groups is 2. The monoisotopic (exact) mass is 282 g/mol. The fourth-order valence-electron chi connectivity index (χ4n) is 3.12. The van der Waals surface area contributed by atoms with E-state index in [1.165, 1.54) is 12.8 Å². The van der Waals surface area contributed by atoms with Crippen LogP contribution in [-0.4, -0.2) is 48.1 Å². The molecule has 0 aromatic carbocycles. The van der Waals surface area contributed by atoms with Crippen molar-refractivity contribution in [3.63, 3.8) is 0 Å². The van der Waals surface area contributed by atoms with Gasteiger partial charge in [0.25, 0.3) is 0 Å². The number of amides is 1. The fourth-order valence-corrected chi connectivity index (χ4v) is 3.12. The summed E-state index contributed by atoms with van der Waals surface area (Å²) in [6.07, 6.45) is 5.13. The lowest BCUT2D eigenvalue weighted by Gasteiger charge is -2.36. The highest BCUT2D eigenvalue weighted by Crippen LogP contribution is 2.31. The number of nitrogens with one attached hydrogen (secondary N) is 1. The summed E-state index contributed by atoms with van der Waals surface area (Å²) in [6, 6.07) is 0. The quantitative estimate of drug-likeness (QED) is 0.819. The molecular formula is C15H26N2O3. The average molecular weight is 282 g/mol. The van der Waals surface area contributed by atoms with Crippen molar-refractivity contribution >= 4 is 11.9 Å². The van der Waals surface area contributed by atoms with Gasteiger partial charge in [-0.25, -0.2) is 0 Å². The first kappa shape index (κ1) is 15.3. The molecule has 1 unspecified atom stereocenters. The molecule has 2 fully saturated rings. The van der Waals surface area contributed by atoms with Crippen LogP contribution in [0.2, 0.25) is 0 Å². The van der Waals surface area contributed by atoms with Crippen molar-refractivity contribution in [2.45, 2.75) is 45.4 Å². The number of nitrogens with zero attached hydrogens (tertiary/aromatic N) is 1. The molecule has 5 nitrogen and oxygen atoms in total. The van der Waals surface area contributed by atoms with Crippen LogP contribution in [0.5, 0.6) is 0 Å². The van der Waals surface area contributed by atoms with Crippen molar-refractivity contribution in [2.24, 2.45) is 11.3 Å². The van der Waals surface area contributed by atoms with Crippen molar-refractivity contribution in [2.75, 3.05) is 26.2 Å². The van der Waals surface area contributed by atoms with Gasteiger partial charge in [-0.1, -0.05) is 0 Å². The van der Waals surface area contributed by atoms with Crippen LogP contribution in [0.3, 0.4) is 0 Å². The summed E-state index contributed by atoms with van der Waals surface area (Å²) in [7, 11) is 0. The maximum absolute atomic E-state index is 12.2. The van der Waals surface area contributed by atoms with E-state index < -0.39 is 11.4 Å². The maximum atomic E-state index is 12.2. The summed E-state index contributed by atoms with van der Waals surface area (Å²) in [4.78, 5) is 25.2. The van der Waals surface area contributed by atoms with Crippen LogP contribution >= 0.6 is 0 Å². The standard InChI is InChI=1S/C15H26N2O3/c1-15(14(19)20)6-9-17(10-7-15)13(18)5-4-12-3-2-8-16-11-12/h12,16H,2-11H2,1H3,(H,19,20). The molecule has 0 bridgehead atoms. The molecule has 1 atom stereocenters. The van der Waals surface area contributed by atoms with E-state index in [0.717, 1.165) is 19.5 Å². The minimum absolute atomic E-state index is 0.197. The minimum Gasteiger partial charge on any atom is -0.481 e. The molecule has 0 spiro atoms. The molecule has 0 radical (unpaired) electrons. The lowest BCUT2D eigenvalue weighted by Crippen LogP contribution is -2.45. The fraction of sp³-hybridized carbons (Fsp3) is 0.867. The molecule has 2 N–H and O–H groups in total. The molecule has 0 aromatic heterocycles. The topological polar surface area (TPSA) is 69.6 Å². The van der Waals surface area contributed by atoms with Gasteiger partial charge in [-0.3, -0.25) is 9.59 Å². The van der Waals surface area contributed by atoms with Gasteiger partial charge in [0.2, 0.25) is 5.91 Å². The second kappa shape index (κ2) is 6.57. The highest BCUT2D eigenvalue weighted by Gasteiger charge is 2.37. The Bertz CT molecular complexity index is 356. The molecule has 5 heteroatoms. The van der Waals surface area contributed by atoms with Gasteiger partial charge in [-0.15, -0.1) is 0 Å². The largest absolute Gasteiger partial charge is 0.481 e. The number of carboxylic acids is 1. The molecule has 0 saturated carbocycles. The molecule has 2 aliphatic heterocycles. The van der Waals surface area contributed by atoms with E-state index in [0.29, 0.717) is 38.3 Å². The number of hydrogen-bond donors (Lipinski definition) is 2. The Morgan fingerprint density at radius 2 is 2.05 bits per heavy atom. The van der Waals surface area contributed by atoms with Crippen LogP contribution in [0.25, 0.3) is 0 Å². The number of piperidine rings is 2. The highest BCUT2D eigenvalue weighted by molar-refractivity contribution is 5.78. The Morgan fingerprint density at radius 3 is 2.60 bits per heavy atom. The van der Waals surface area contributed by atoms with E-state index in [4.69, 9.17) is 0 Å². The van der Waals surface area contributed by atoms with Crippen LogP contribution in [0.1, 0.15) is 45.4 Å². The summed E-state index contributed by atoms with van der Waals surface area (Å²) in [5.74, 6) is 0.0858. The Balaban J connectivity index is 1.73. The number of rotatable bonds is 4. The number of carboxylic acid groups (broad SMARTS) is 1. The van der Waals surface area contributed by atoms with Gasteiger partial charge in [0, 0.05) is 19.5 Å². The Kier molecular flexibility index (Phi) is 5.02. The summed E-state index contributed by atoms with van der Waals surface area (Å²) in [5, 5.41) is 12.6. The average Bonchev–Trinajstić information content (AvgIpc) is 2.46. The van der Waals surface area contributed by atoms with Crippen LogP contribution in [0, 0.1) is 11.3 Å². The van der Waals surface area contributed by atoms with Crippen molar-refractivity contribution in [1.29, 1.82) is 0 Å². The number of likely N-dealkylation sites (tertiary alicyclic amines) is 1. The van der Waals surface area contributed by atoms with E-state index in [1.807, 2.05) is 4.90 Å². The summed E-state index contributed by atoms with van der Waals surface area (Å²) in [6.45, 7) is 5.09. The lowest BCUT2D eigenvalue weighted by molar-refractivity contribution is -0.153. The van der Waals surface area contributed by atoms with Crippen molar-refractivity contribution in [1.82, 2.24) is 10.2 Å². The Labute approximate surface area is 120 Å². The van der Waals surface area contributed by atoms with Crippen molar-refractivity contribution < 1.29 is 14.7 Å². The van der Waals surface area contributed by atoms with Crippen LogP contribution in [0.4, 0.5) is 0 Å². The Hall–Kier alpha value is -1.10. The maximum Gasteiger partial charge on any atom is 0.309 e. The van der Waals surface area contributed by atoms with Gasteiger partial charge >= 0.3 is 5.97 Å². The first-order valence-corrected chi connectivity index (χ1v) is 7.73. The van der Waals surface area contributed by atoms with E-state index >= 15 is 0 Å². The third-order valence-electron chi connectivity index (χ3n) is 4.90. The van der Waals surface area contributed by atoms with E-state index in [1.54, 1.807) is 6.92 Å². The van der Waals surface area contributed by atoms with Gasteiger partial charge in [0.05, 0.1) is 5.41 Å². The van der Waals surface area contributed by atoms with Gasteiger partial charge in [0.15, 0.2) is 0 Å². The van der Waals surface area contributed by atoms with Crippen LogP contribution < -0.4 is 5.32 Å². The first-order valence-electron chi connectivity index (χ1n) is 7.73. The zero-order chi connectivity index (χ0) is 14.6. The van der Waals surface area contributed by atoms with Crippen LogP contribution in [-0.2, 0) is 9.59 Å². The van der Waals surface area contributed by atoms with Crippen molar-refractivity contribution in [3.05, 3.63) is 0 Å². The Morgan fingerprint density at radius 1 is 1.35 bits per heavy atom. The smallest absolute Gasteiger partial charge is 0.309 e. The summed E-state index contributed by atoms with van der Waals surface area (Å²) >= 11 is 0. The molecule has 2 aliphatic rings. The number of hydrogen-bond acceptors (Lipinski definition) is 3. The van der Waals surface area contributed by atoms with Gasteiger partial charge in [-0.05, 0) is 58.0 Å². The number of carbonyl (C=O) groups excluding carboxylic acids is 1. The van der Waals surface area contributed by atoms with E-state index in [9.17, 15) is 14.7 Å². The second-order valence-electron chi connectivity index (χ2n) is 6.50. The van der Waals surface area contributed by atoms with Crippen molar-refractivity contribution in [3.8, 4) is 0 Å². The second-order valence-corrected chi connectivity index (χ2v) is 6.50. The van der Waals surface area contributed by atoms with Crippen LogP contribution in [0.15, 0.2) is 0 Å². The zero-order valence-electron chi connectivity index (χ0n) is 12.4. The molecule has 2 rings (SSSR count). The molecule has 0 aromatic rings. The van der Waals surface area contributed by atoms with Gasteiger partial charge in [0.1, 0.15) is 0 Å². The molecule has 20 heavy (non-hydrogen) atoms. The zero-order valence-corrected chi connectivity index (χ0v) is 12.4. The molecule has 0 aliphatic carbocycles. The molecule has 1 amide bonds. The third kappa shape index (κ3) is 3.72. The molecule has 2 heterocycles. The molecule has 114 valence electrons. The number of aliphatic carboxylic acids is 1. The highest BCUT2D eigenvalue weighted by atomic mass is 16.4. The van der Waals surface area contributed by atoms with Gasteiger partial charge in [-0.2, -0.15) is 0 Å².